The van der Waals surface area contributed by atoms with Gasteiger partial charge in [-0.3, -0.25) is 14.5 Å². The summed E-state index contributed by atoms with van der Waals surface area (Å²) in [4.78, 5) is 27.7. The smallest absolute Gasteiger partial charge is 0.223 e. The molecule has 0 aromatic carbocycles. The molecule has 2 N–H and O–H groups in total. The van der Waals surface area contributed by atoms with Crippen LogP contribution in [0.2, 0.25) is 0 Å². The Morgan fingerprint density at radius 1 is 1.16 bits per heavy atom. The van der Waals surface area contributed by atoms with Gasteiger partial charge < -0.3 is 24.8 Å². The van der Waals surface area contributed by atoms with Gasteiger partial charge in [0.05, 0.1) is 18.8 Å². The standard InChI is InChI=1S/C17H29N3O5/c1-12(21)20-6-4-19(5-7-20)10-15-16(22)14(11-25-15)18-17(23)13-2-8-24-9-3-13/h13-16,22H,2-11H2,1H3,(H,18,23). The molecule has 0 aromatic heterocycles. The van der Waals surface area contributed by atoms with Crippen LogP contribution in [0.15, 0.2) is 0 Å². The van der Waals surface area contributed by atoms with E-state index in [9.17, 15) is 14.7 Å². The molecule has 3 aliphatic heterocycles. The van der Waals surface area contributed by atoms with E-state index in [-0.39, 0.29) is 29.9 Å². The van der Waals surface area contributed by atoms with Gasteiger partial charge in [0.1, 0.15) is 6.10 Å². The summed E-state index contributed by atoms with van der Waals surface area (Å²) in [6.45, 7) is 6.78. The van der Waals surface area contributed by atoms with Crippen molar-refractivity contribution in [3.8, 4) is 0 Å². The number of carbonyl (C=O) groups excluding carboxylic acids is 2. The molecule has 0 aliphatic carbocycles. The highest BCUT2D eigenvalue weighted by molar-refractivity contribution is 5.79. The number of aliphatic hydroxyl groups excluding tert-OH is 1. The number of hydrogen-bond donors (Lipinski definition) is 2. The molecule has 3 aliphatic rings. The van der Waals surface area contributed by atoms with Crippen LogP contribution in [0.4, 0.5) is 0 Å². The Hall–Kier alpha value is -1.22. The van der Waals surface area contributed by atoms with Crippen LogP contribution in [0.25, 0.3) is 0 Å². The van der Waals surface area contributed by atoms with E-state index >= 15 is 0 Å². The molecule has 142 valence electrons. The highest BCUT2D eigenvalue weighted by Crippen LogP contribution is 2.19. The van der Waals surface area contributed by atoms with Gasteiger partial charge in [-0.05, 0) is 12.8 Å². The number of piperazine rings is 1. The third-order valence-electron chi connectivity index (χ3n) is 5.46. The predicted octanol–water partition coefficient (Wildman–Crippen LogP) is -1.18. The molecule has 0 bridgehead atoms. The van der Waals surface area contributed by atoms with Crippen LogP contribution >= 0.6 is 0 Å². The average Bonchev–Trinajstić information content (AvgIpc) is 2.96. The Morgan fingerprint density at radius 3 is 2.48 bits per heavy atom. The fraction of sp³-hybridized carbons (Fsp3) is 0.882. The first-order valence-electron chi connectivity index (χ1n) is 9.20. The van der Waals surface area contributed by atoms with Gasteiger partial charge in [0, 0.05) is 58.8 Å². The Morgan fingerprint density at radius 2 is 1.84 bits per heavy atom. The second kappa shape index (κ2) is 8.44. The van der Waals surface area contributed by atoms with Crippen molar-refractivity contribution in [1.82, 2.24) is 15.1 Å². The summed E-state index contributed by atoms with van der Waals surface area (Å²) in [6.07, 6.45) is 0.470. The highest BCUT2D eigenvalue weighted by atomic mass is 16.5. The zero-order valence-electron chi connectivity index (χ0n) is 14.9. The van der Waals surface area contributed by atoms with E-state index in [0.29, 0.717) is 39.5 Å². The summed E-state index contributed by atoms with van der Waals surface area (Å²) in [5.74, 6) is 0.0685. The molecular weight excluding hydrogens is 326 g/mol. The number of ether oxygens (including phenoxy) is 2. The number of aliphatic hydroxyl groups is 1. The minimum Gasteiger partial charge on any atom is -0.388 e. The van der Waals surface area contributed by atoms with E-state index in [0.717, 1.165) is 25.9 Å². The predicted molar refractivity (Wildman–Crippen MR) is 89.9 cm³/mol. The molecule has 3 heterocycles. The van der Waals surface area contributed by atoms with Crippen LogP contribution in [0.3, 0.4) is 0 Å². The lowest BCUT2D eigenvalue weighted by atomic mass is 9.98. The van der Waals surface area contributed by atoms with E-state index in [2.05, 4.69) is 10.2 Å². The first kappa shape index (κ1) is 18.6. The molecule has 0 spiro atoms. The zero-order chi connectivity index (χ0) is 17.8. The van der Waals surface area contributed by atoms with Gasteiger partial charge in [0.15, 0.2) is 0 Å². The van der Waals surface area contributed by atoms with Crippen molar-refractivity contribution in [2.24, 2.45) is 5.92 Å². The maximum atomic E-state index is 12.3. The molecular formula is C17H29N3O5. The molecule has 3 fully saturated rings. The molecule has 3 unspecified atom stereocenters. The number of nitrogens with one attached hydrogen (secondary N) is 1. The van der Waals surface area contributed by atoms with Crippen LogP contribution in [-0.2, 0) is 19.1 Å². The molecule has 0 saturated carbocycles. The van der Waals surface area contributed by atoms with Gasteiger partial charge >= 0.3 is 0 Å². The van der Waals surface area contributed by atoms with Crippen LogP contribution in [0.1, 0.15) is 19.8 Å². The fourth-order valence-electron chi connectivity index (χ4n) is 3.73. The van der Waals surface area contributed by atoms with Crippen LogP contribution in [0, 0.1) is 5.92 Å². The number of rotatable bonds is 4. The van der Waals surface area contributed by atoms with E-state index in [1.54, 1.807) is 6.92 Å². The lowest BCUT2D eigenvalue weighted by Crippen LogP contribution is -2.52. The van der Waals surface area contributed by atoms with Crippen molar-refractivity contribution in [2.45, 2.75) is 38.0 Å². The van der Waals surface area contributed by atoms with Crippen molar-refractivity contribution in [3.63, 3.8) is 0 Å². The van der Waals surface area contributed by atoms with Crippen molar-refractivity contribution < 1.29 is 24.2 Å². The minimum atomic E-state index is -0.699. The Kier molecular flexibility index (Phi) is 6.27. The second-order valence-corrected chi connectivity index (χ2v) is 7.17. The van der Waals surface area contributed by atoms with E-state index < -0.39 is 6.10 Å². The lowest BCUT2D eigenvalue weighted by Gasteiger charge is -2.35. The van der Waals surface area contributed by atoms with Gasteiger partial charge in [0.2, 0.25) is 11.8 Å². The SMILES string of the molecule is CC(=O)N1CCN(CC2OCC(NC(=O)C3CCOCC3)C2O)CC1. The Balaban J connectivity index is 1.43. The van der Waals surface area contributed by atoms with Crippen molar-refractivity contribution in [2.75, 3.05) is 52.5 Å². The highest BCUT2D eigenvalue weighted by Gasteiger charge is 2.39. The molecule has 0 aromatic rings. The Bertz CT molecular complexity index is 475. The third-order valence-corrected chi connectivity index (χ3v) is 5.46. The molecule has 3 rings (SSSR count). The molecule has 3 saturated heterocycles. The quantitative estimate of drug-likeness (QED) is 0.660. The fourth-order valence-corrected chi connectivity index (χ4v) is 3.73. The maximum absolute atomic E-state index is 12.3. The molecule has 8 nitrogen and oxygen atoms in total. The number of nitrogens with zero attached hydrogens (tertiary/aromatic N) is 2. The molecule has 25 heavy (non-hydrogen) atoms. The molecule has 3 atom stereocenters. The number of amides is 2. The summed E-state index contributed by atoms with van der Waals surface area (Å²) in [7, 11) is 0. The van der Waals surface area contributed by atoms with Crippen LogP contribution in [-0.4, -0.2) is 97.5 Å². The van der Waals surface area contributed by atoms with Gasteiger partial charge in [-0.2, -0.15) is 0 Å². The van der Waals surface area contributed by atoms with Gasteiger partial charge in [-0.1, -0.05) is 0 Å². The summed E-state index contributed by atoms with van der Waals surface area (Å²) < 4.78 is 11.0. The van der Waals surface area contributed by atoms with Crippen molar-refractivity contribution in [1.29, 1.82) is 0 Å². The van der Waals surface area contributed by atoms with E-state index in [4.69, 9.17) is 9.47 Å². The summed E-state index contributed by atoms with van der Waals surface area (Å²) >= 11 is 0. The number of hydrogen-bond acceptors (Lipinski definition) is 6. The molecule has 8 heteroatoms. The van der Waals surface area contributed by atoms with E-state index in [1.165, 1.54) is 0 Å². The van der Waals surface area contributed by atoms with Crippen LogP contribution < -0.4 is 5.32 Å². The summed E-state index contributed by atoms with van der Waals surface area (Å²) in [5.41, 5.74) is 0. The maximum Gasteiger partial charge on any atom is 0.223 e. The second-order valence-electron chi connectivity index (χ2n) is 7.17. The first-order chi connectivity index (χ1) is 12.0. The minimum absolute atomic E-state index is 0.00771. The molecule has 2 amide bonds. The van der Waals surface area contributed by atoms with E-state index in [1.807, 2.05) is 4.90 Å². The van der Waals surface area contributed by atoms with Crippen molar-refractivity contribution >= 4 is 11.8 Å². The Labute approximate surface area is 148 Å². The van der Waals surface area contributed by atoms with Gasteiger partial charge in [-0.25, -0.2) is 0 Å². The van der Waals surface area contributed by atoms with Crippen LogP contribution in [0.5, 0.6) is 0 Å². The monoisotopic (exact) mass is 355 g/mol. The first-order valence-corrected chi connectivity index (χ1v) is 9.20. The third kappa shape index (κ3) is 4.69. The number of carbonyl (C=O) groups is 2. The summed E-state index contributed by atoms with van der Waals surface area (Å²) in [6, 6.07) is -0.348. The van der Waals surface area contributed by atoms with Gasteiger partial charge in [0.25, 0.3) is 0 Å². The lowest BCUT2D eigenvalue weighted by molar-refractivity contribution is -0.131. The molecule has 0 radical (unpaired) electrons. The van der Waals surface area contributed by atoms with Crippen molar-refractivity contribution in [3.05, 3.63) is 0 Å². The average molecular weight is 355 g/mol. The van der Waals surface area contributed by atoms with Gasteiger partial charge in [-0.15, -0.1) is 0 Å². The largest absolute Gasteiger partial charge is 0.388 e. The normalized spacial score (nSPS) is 31.9. The zero-order valence-corrected chi connectivity index (χ0v) is 14.9. The summed E-state index contributed by atoms with van der Waals surface area (Å²) in [5, 5.41) is 13.5. The topological polar surface area (TPSA) is 91.3 Å².